The molecule has 0 aromatic carbocycles. The highest BCUT2D eigenvalue weighted by molar-refractivity contribution is 5.75. The molecule has 2 aliphatic rings. The minimum Gasteiger partial charge on any atom is -0.481 e. The molecule has 6 nitrogen and oxygen atoms in total. The summed E-state index contributed by atoms with van der Waals surface area (Å²) in [5.74, 6) is -0.704. The maximum absolute atomic E-state index is 11.5. The van der Waals surface area contributed by atoms with Crippen molar-refractivity contribution in [2.45, 2.75) is 6.42 Å². The van der Waals surface area contributed by atoms with Gasteiger partial charge in [-0.3, -0.25) is 14.6 Å². The fourth-order valence-electron chi connectivity index (χ4n) is 2.91. The molecule has 0 aromatic rings. The molecule has 6 heteroatoms. The quantitative estimate of drug-likeness (QED) is 0.720. The maximum atomic E-state index is 11.5. The molecular weight excluding hydrogens is 258 g/mol. The Kier molecular flexibility index (Phi) is 5.37. The number of carboxylic acids is 1. The van der Waals surface area contributed by atoms with E-state index in [4.69, 9.17) is 4.74 Å². The van der Waals surface area contributed by atoms with Gasteiger partial charge in [0.15, 0.2) is 0 Å². The monoisotopic (exact) mass is 285 g/mol. The molecule has 2 heterocycles. The van der Waals surface area contributed by atoms with Crippen molar-refractivity contribution in [3.63, 3.8) is 0 Å². The zero-order chi connectivity index (χ0) is 14.6. The highest BCUT2D eigenvalue weighted by atomic mass is 16.5. The van der Waals surface area contributed by atoms with Gasteiger partial charge in [-0.05, 0) is 20.5 Å². The zero-order valence-corrected chi connectivity index (χ0v) is 12.7. The number of carboxylic acid groups (broad SMARTS) is 1. The summed E-state index contributed by atoms with van der Waals surface area (Å²) in [4.78, 5) is 18.5. The van der Waals surface area contributed by atoms with Crippen LogP contribution in [0.25, 0.3) is 0 Å². The van der Waals surface area contributed by atoms with E-state index in [0.29, 0.717) is 26.2 Å². The molecule has 0 saturated carbocycles. The first-order valence-electron chi connectivity index (χ1n) is 7.42. The molecule has 0 aliphatic carbocycles. The molecule has 20 heavy (non-hydrogen) atoms. The molecule has 0 bridgehead atoms. The van der Waals surface area contributed by atoms with Crippen LogP contribution in [-0.2, 0) is 9.53 Å². The number of hydrogen-bond donors (Lipinski definition) is 1. The van der Waals surface area contributed by atoms with Crippen LogP contribution in [0, 0.1) is 5.41 Å². The average Bonchev–Trinajstić information content (AvgIpc) is 2.88. The van der Waals surface area contributed by atoms with Crippen molar-refractivity contribution < 1.29 is 14.6 Å². The zero-order valence-electron chi connectivity index (χ0n) is 12.7. The molecule has 2 fully saturated rings. The second-order valence-corrected chi connectivity index (χ2v) is 6.31. The Hall–Kier alpha value is -0.690. The smallest absolute Gasteiger partial charge is 0.313 e. The Bertz CT molecular complexity index is 322. The maximum Gasteiger partial charge on any atom is 0.313 e. The van der Waals surface area contributed by atoms with Gasteiger partial charge in [0.2, 0.25) is 0 Å². The highest BCUT2D eigenvalue weighted by Crippen LogP contribution is 2.30. The molecule has 0 aromatic heterocycles. The van der Waals surface area contributed by atoms with Gasteiger partial charge < -0.3 is 14.7 Å². The Morgan fingerprint density at radius 2 is 1.90 bits per heavy atom. The van der Waals surface area contributed by atoms with Gasteiger partial charge in [0.05, 0.1) is 6.61 Å². The van der Waals surface area contributed by atoms with Crippen molar-refractivity contribution in [2.24, 2.45) is 5.41 Å². The van der Waals surface area contributed by atoms with Gasteiger partial charge in [-0.25, -0.2) is 0 Å². The van der Waals surface area contributed by atoms with Gasteiger partial charge >= 0.3 is 5.97 Å². The second kappa shape index (κ2) is 6.85. The third-order valence-corrected chi connectivity index (χ3v) is 4.41. The van der Waals surface area contributed by atoms with E-state index in [1.807, 2.05) is 0 Å². The van der Waals surface area contributed by atoms with E-state index >= 15 is 0 Å². The van der Waals surface area contributed by atoms with Gasteiger partial charge in [-0.15, -0.1) is 0 Å². The summed E-state index contributed by atoms with van der Waals surface area (Å²) in [7, 11) is 4.18. The summed E-state index contributed by atoms with van der Waals surface area (Å²) in [5.41, 5.74) is -0.675. The summed E-state index contributed by atoms with van der Waals surface area (Å²) in [5, 5.41) is 9.47. The summed E-state index contributed by atoms with van der Waals surface area (Å²) in [6.07, 6.45) is 0.642. The lowest BCUT2D eigenvalue weighted by Crippen LogP contribution is -2.52. The van der Waals surface area contributed by atoms with Crippen molar-refractivity contribution in [3.8, 4) is 0 Å². The number of hydrogen-bond acceptors (Lipinski definition) is 5. The predicted octanol–water partition coefficient (Wildman–Crippen LogP) is -0.343. The molecular formula is C14H27N3O3. The molecule has 0 spiro atoms. The van der Waals surface area contributed by atoms with Crippen LogP contribution >= 0.6 is 0 Å². The predicted molar refractivity (Wildman–Crippen MR) is 76.9 cm³/mol. The normalized spacial score (nSPS) is 29.1. The Morgan fingerprint density at radius 3 is 2.40 bits per heavy atom. The minimum absolute atomic E-state index is 0.364. The topological polar surface area (TPSA) is 56.2 Å². The molecule has 1 atom stereocenters. The van der Waals surface area contributed by atoms with Gasteiger partial charge in [0, 0.05) is 52.4 Å². The largest absolute Gasteiger partial charge is 0.481 e. The van der Waals surface area contributed by atoms with Crippen LogP contribution in [0.1, 0.15) is 6.42 Å². The number of piperazine rings is 1. The summed E-state index contributed by atoms with van der Waals surface area (Å²) in [6, 6.07) is 0. The molecule has 0 radical (unpaired) electrons. The molecule has 2 aliphatic heterocycles. The van der Waals surface area contributed by atoms with E-state index in [0.717, 1.165) is 39.3 Å². The first-order valence-corrected chi connectivity index (χ1v) is 7.42. The fraction of sp³-hybridized carbons (Fsp3) is 0.929. The second-order valence-electron chi connectivity index (χ2n) is 6.31. The van der Waals surface area contributed by atoms with Gasteiger partial charge in [0.25, 0.3) is 0 Å². The van der Waals surface area contributed by atoms with E-state index in [1.165, 1.54) is 0 Å². The number of rotatable bonds is 6. The first-order chi connectivity index (χ1) is 9.52. The molecule has 1 N–H and O–H groups in total. The summed E-state index contributed by atoms with van der Waals surface area (Å²) >= 11 is 0. The lowest BCUT2D eigenvalue weighted by molar-refractivity contribution is -0.150. The average molecular weight is 285 g/mol. The van der Waals surface area contributed by atoms with Crippen LogP contribution in [0.5, 0.6) is 0 Å². The third-order valence-electron chi connectivity index (χ3n) is 4.41. The molecule has 2 saturated heterocycles. The number of likely N-dealkylation sites (N-methyl/N-ethyl adjacent to an activating group) is 1. The minimum atomic E-state index is -0.704. The van der Waals surface area contributed by atoms with Crippen LogP contribution in [0.2, 0.25) is 0 Å². The van der Waals surface area contributed by atoms with E-state index in [9.17, 15) is 9.90 Å². The first kappa shape index (κ1) is 15.7. The molecule has 2 rings (SSSR count). The van der Waals surface area contributed by atoms with Gasteiger partial charge in [-0.1, -0.05) is 0 Å². The van der Waals surface area contributed by atoms with E-state index in [-0.39, 0.29) is 0 Å². The number of nitrogens with zero attached hydrogens (tertiary/aromatic N) is 3. The van der Waals surface area contributed by atoms with Crippen molar-refractivity contribution in [1.82, 2.24) is 14.7 Å². The lowest BCUT2D eigenvalue weighted by Gasteiger charge is -2.38. The lowest BCUT2D eigenvalue weighted by atomic mass is 9.86. The number of carbonyl (C=O) groups is 1. The van der Waals surface area contributed by atoms with Crippen LogP contribution in [0.3, 0.4) is 0 Å². The fourth-order valence-corrected chi connectivity index (χ4v) is 2.91. The summed E-state index contributed by atoms with van der Waals surface area (Å²) in [6.45, 7) is 7.72. The van der Waals surface area contributed by atoms with Crippen LogP contribution in [0.15, 0.2) is 0 Å². The molecule has 116 valence electrons. The molecule has 0 amide bonds. The van der Waals surface area contributed by atoms with Crippen LogP contribution < -0.4 is 0 Å². The highest BCUT2D eigenvalue weighted by Gasteiger charge is 2.44. The van der Waals surface area contributed by atoms with Crippen molar-refractivity contribution in [3.05, 3.63) is 0 Å². The van der Waals surface area contributed by atoms with Gasteiger partial charge in [-0.2, -0.15) is 0 Å². The van der Waals surface area contributed by atoms with Crippen LogP contribution in [0.4, 0.5) is 0 Å². The third kappa shape index (κ3) is 3.91. The van der Waals surface area contributed by atoms with E-state index < -0.39 is 11.4 Å². The Balaban J connectivity index is 1.77. The van der Waals surface area contributed by atoms with Crippen molar-refractivity contribution in [1.29, 1.82) is 0 Å². The number of ether oxygens (including phenoxy) is 1. The standard InChI is InChI=1S/C14H27N3O3/c1-15(2)4-5-16-6-8-17(9-7-16)11-14(13(18)19)3-10-20-12-14/h3-12H2,1-2H3,(H,18,19). The van der Waals surface area contributed by atoms with Crippen LogP contribution in [-0.4, -0.2) is 98.9 Å². The summed E-state index contributed by atoms with van der Waals surface area (Å²) < 4.78 is 5.33. The van der Waals surface area contributed by atoms with E-state index in [2.05, 4.69) is 28.8 Å². The number of aliphatic carboxylic acids is 1. The SMILES string of the molecule is CN(C)CCN1CCN(CC2(C(=O)O)CCOC2)CC1. The van der Waals surface area contributed by atoms with Crippen molar-refractivity contribution >= 4 is 5.97 Å². The van der Waals surface area contributed by atoms with E-state index in [1.54, 1.807) is 0 Å². The van der Waals surface area contributed by atoms with Crippen molar-refractivity contribution in [2.75, 3.05) is 73.1 Å². The Labute approximate surface area is 121 Å². The molecule has 1 unspecified atom stereocenters. The van der Waals surface area contributed by atoms with Gasteiger partial charge in [0.1, 0.15) is 5.41 Å². The Morgan fingerprint density at radius 1 is 1.25 bits per heavy atom.